The van der Waals surface area contributed by atoms with Crippen LogP contribution in [0.25, 0.3) is 0 Å². The van der Waals surface area contributed by atoms with Gasteiger partial charge in [-0.1, -0.05) is 58.5 Å². The van der Waals surface area contributed by atoms with Crippen LogP contribution in [0.1, 0.15) is 11.6 Å². The molecule has 142 valence electrons. The Balaban J connectivity index is 1.65. The minimum Gasteiger partial charge on any atom is -0.466 e. The van der Waals surface area contributed by atoms with Crippen molar-refractivity contribution in [2.45, 2.75) is 11.4 Å². The number of hydrazine groups is 1. The zero-order valence-electron chi connectivity index (χ0n) is 13.3. The second kappa shape index (κ2) is 8.29. The van der Waals surface area contributed by atoms with E-state index in [0.29, 0.717) is 10.6 Å². The number of nitrogens with one attached hydrogen (secondary N) is 1. The van der Waals surface area contributed by atoms with Crippen LogP contribution >= 0.6 is 58.0 Å². The smallest absolute Gasteiger partial charge is 0.276 e. The second-order valence-corrected chi connectivity index (χ2v) is 7.56. The number of hydrogen-bond donors (Lipinski definition) is 1. The molecule has 2 amide bonds. The van der Waals surface area contributed by atoms with Crippen molar-refractivity contribution in [3.63, 3.8) is 0 Å². The highest BCUT2D eigenvalue weighted by molar-refractivity contribution is 6.42. The Morgan fingerprint density at radius 3 is 2.63 bits per heavy atom. The number of carbonyl (C=O) groups is 2. The van der Waals surface area contributed by atoms with Crippen LogP contribution in [-0.4, -0.2) is 33.8 Å². The normalized spacial score (nSPS) is 18.9. The Bertz CT molecular complexity index is 911. The van der Waals surface area contributed by atoms with Crippen molar-refractivity contribution >= 4 is 69.8 Å². The molecule has 27 heavy (non-hydrogen) atoms. The average Bonchev–Trinajstić information content (AvgIpc) is 2.63. The highest BCUT2D eigenvalue weighted by Crippen LogP contribution is 2.37. The molecule has 2 heterocycles. The van der Waals surface area contributed by atoms with E-state index in [-0.39, 0.29) is 21.1 Å². The predicted octanol–water partition coefficient (Wildman–Crippen LogP) is 4.30. The van der Waals surface area contributed by atoms with E-state index in [1.165, 1.54) is 6.07 Å². The van der Waals surface area contributed by atoms with E-state index >= 15 is 0 Å². The maximum Gasteiger partial charge on any atom is 0.276 e. The SMILES string of the molecule is O=C(COc1nc(Cl)c(Cl)cc1Cl)NN1C(=O)C(Cl)C1c1cccc(Cl)c1. The third-order valence-electron chi connectivity index (χ3n) is 3.66. The predicted molar refractivity (Wildman–Crippen MR) is 104 cm³/mol. The van der Waals surface area contributed by atoms with E-state index < -0.39 is 29.8 Å². The fourth-order valence-corrected chi connectivity index (χ4v) is 3.52. The van der Waals surface area contributed by atoms with Gasteiger partial charge >= 0.3 is 0 Å². The Kier molecular flexibility index (Phi) is 6.23. The lowest BCUT2D eigenvalue weighted by atomic mass is 9.95. The van der Waals surface area contributed by atoms with Crippen LogP contribution in [-0.2, 0) is 9.59 Å². The van der Waals surface area contributed by atoms with Crippen LogP contribution in [0.4, 0.5) is 0 Å². The molecule has 3 rings (SSSR count). The van der Waals surface area contributed by atoms with Gasteiger partial charge in [-0.05, 0) is 23.8 Å². The molecule has 0 spiro atoms. The zero-order chi connectivity index (χ0) is 19.7. The van der Waals surface area contributed by atoms with Gasteiger partial charge in [-0.15, -0.1) is 11.6 Å². The summed E-state index contributed by atoms with van der Waals surface area (Å²) in [6, 6.07) is 7.65. The standard InChI is InChI=1S/C16H10Cl5N3O3/c17-8-3-1-2-7(4-8)13-12(20)16(26)24(13)23-11(25)6-27-15-10(19)5-9(18)14(21)22-15/h1-5,12-13H,6H2,(H,23,25). The molecule has 2 atom stereocenters. The first-order chi connectivity index (χ1) is 12.8. The summed E-state index contributed by atoms with van der Waals surface area (Å²) in [5.41, 5.74) is 3.13. The van der Waals surface area contributed by atoms with Crippen molar-refractivity contribution in [3.8, 4) is 5.88 Å². The Morgan fingerprint density at radius 1 is 1.19 bits per heavy atom. The molecule has 1 aromatic carbocycles. The highest BCUT2D eigenvalue weighted by atomic mass is 35.5. The molecule has 1 fully saturated rings. The van der Waals surface area contributed by atoms with Gasteiger partial charge < -0.3 is 4.74 Å². The quantitative estimate of drug-likeness (QED) is 0.403. The second-order valence-electron chi connectivity index (χ2n) is 5.48. The summed E-state index contributed by atoms with van der Waals surface area (Å²) in [6.07, 6.45) is 0. The molecule has 0 aliphatic carbocycles. The van der Waals surface area contributed by atoms with Crippen LogP contribution in [0.3, 0.4) is 0 Å². The number of carbonyl (C=O) groups excluding carboxylic acids is 2. The maximum atomic E-state index is 12.1. The van der Waals surface area contributed by atoms with E-state index in [9.17, 15) is 9.59 Å². The highest BCUT2D eigenvalue weighted by Gasteiger charge is 2.48. The van der Waals surface area contributed by atoms with Gasteiger partial charge in [0.15, 0.2) is 11.8 Å². The van der Waals surface area contributed by atoms with Crippen molar-refractivity contribution in [2.75, 3.05) is 6.61 Å². The summed E-state index contributed by atoms with van der Waals surface area (Å²) in [6.45, 7) is -0.455. The Morgan fingerprint density at radius 2 is 1.93 bits per heavy atom. The first-order valence-corrected chi connectivity index (χ1v) is 9.39. The molecule has 1 aliphatic rings. The Hall–Kier alpha value is -1.44. The third kappa shape index (κ3) is 4.36. The van der Waals surface area contributed by atoms with E-state index in [4.69, 9.17) is 62.7 Å². The van der Waals surface area contributed by atoms with E-state index in [1.54, 1.807) is 24.3 Å². The fraction of sp³-hybridized carbons (Fsp3) is 0.188. The number of rotatable bonds is 5. The van der Waals surface area contributed by atoms with E-state index in [2.05, 4.69) is 10.4 Å². The minimum atomic E-state index is -0.809. The molecular formula is C16H10Cl5N3O3. The van der Waals surface area contributed by atoms with Gasteiger partial charge in [-0.3, -0.25) is 15.0 Å². The number of hydrogen-bond acceptors (Lipinski definition) is 4. The topological polar surface area (TPSA) is 71.5 Å². The van der Waals surface area contributed by atoms with E-state index in [0.717, 1.165) is 5.01 Å². The van der Waals surface area contributed by atoms with Gasteiger partial charge in [-0.2, -0.15) is 4.98 Å². The van der Waals surface area contributed by atoms with E-state index in [1.807, 2.05) is 0 Å². The number of benzene rings is 1. The molecule has 1 aliphatic heterocycles. The van der Waals surface area contributed by atoms with Crippen molar-refractivity contribution in [1.82, 2.24) is 15.4 Å². The molecule has 11 heteroatoms. The molecule has 2 unspecified atom stereocenters. The number of aromatic nitrogens is 1. The van der Waals surface area contributed by atoms with Gasteiger partial charge in [0.2, 0.25) is 5.88 Å². The molecular weight excluding hydrogens is 459 g/mol. The van der Waals surface area contributed by atoms with Crippen molar-refractivity contribution in [2.24, 2.45) is 0 Å². The van der Waals surface area contributed by atoms with Crippen LogP contribution in [0.15, 0.2) is 30.3 Å². The molecule has 0 radical (unpaired) electrons. The molecule has 6 nitrogen and oxygen atoms in total. The summed E-state index contributed by atoms with van der Waals surface area (Å²) in [4.78, 5) is 28.0. The zero-order valence-corrected chi connectivity index (χ0v) is 17.0. The number of pyridine rings is 1. The maximum absolute atomic E-state index is 12.1. The molecule has 1 saturated heterocycles. The Labute approximate surface area is 179 Å². The number of alkyl halides is 1. The van der Waals surface area contributed by atoms with Crippen molar-refractivity contribution in [1.29, 1.82) is 0 Å². The molecule has 0 bridgehead atoms. The minimum absolute atomic E-state index is 0.0135. The van der Waals surface area contributed by atoms with Gasteiger partial charge in [-0.25, -0.2) is 5.01 Å². The average molecular weight is 470 g/mol. The number of ether oxygens (including phenoxy) is 1. The molecule has 1 N–H and O–H groups in total. The van der Waals surface area contributed by atoms with Crippen molar-refractivity contribution in [3.05, 3.63) is 56.1 Å². The van der Waals surface area contributed by atoms with Crippen LogP contribution in [0.2, 0.25) is 20.2 Å². The summed E-state index contributed by atoms with van der Waals surface area (Å²) in [5, 5.41) is 1.04. The lowest BCUT2D eigenvalue weighted by molar-refractivity contribution is -0.157. The lowest BCUT2D eigenvalue weighted by Gasteiger charge is -2.43. The van der Waals surface area contributed by atoms with Gasteiger partial charge in [0.05, 0.1) is 5.02 Å². The number of amides is 2. The third-order valence-corrected chi connectivity index (χ3v) is 5.26. The first-order valence-electron chi connectivity index (χ1n) is 7.44. The molecule has 0 saturated carbocycles. The monoisotopic (exact) mass is 467 g/mol. The van der Waals surface area contributed by atoms with Crippen LogP contribution in [0, 0.1) is 0 Å². The summed E-state index contributed by atoms with van der Waals surface area (Å²) >= 11 is 29.6. The number of nitrogens with zero attached hydrogens (tertiary/aromatic N) is 2. The van der Waals surface area contributed by atoms with Crippen LogP contribution < -0.4 is 10.2 Å². The largest absolute Gasteiger partial charge is 0.466 e. The van der Waals surface area contributed by atoms with Crippen molar-refractivity contribution < 1.29 is 14.3 Å². The number of halogens is 5. The molecule has 2 aromatic rings. The summed E-state index contributed by atoms with van der Waals surface area (Å²) in [5.74, 6) is -1.11. The van der Waals surface area contributed by atoms with Gasteiger partial charge in [0, 0.05) is 5.02 Å². The van der Waals surface area contributed by atoms with Crippen LogP contribution in [0.5, 0.6) is 5.88 Å². The summed E-state index contributed by atoms with van der Waals surface area (Å²) in [7, 11) is 0. The van der Waals surface area contributed by atoms with Gasteiger partial charge in [0.1, 0.15) is 16.4 Å². The fourth-order valence-electron chi connectivity index (χ4n) is 2.42. The summed E-state index contributed by atoms with van der Waals surface area (Å²) < 4.78 is 5.24. The molecule has 1 aromatic heterocycles. The first kappa shape index (κ1) is 20.3. The number of β-lactam (4-membered cyclic amide) rings is 1. The lowest BCUT2D eigenvalue weighted by Crippen LogP contribution is -2.63. The van der Waals surface area contributed by atoms with Gasteiger partial charge in [0.25, 0.3) is 11.8 Å².